The highest BCUT2D eigenvalue weighted by molar-refractivity contribution is 6.04. The molecule has 1 aromatic heterocycles. The van der Waals surface area contributed by atoms with Gasteiger partial charge in [-0.3, -0.25) is 4.79 Å². The molecule has 6 heteroatoms. The van der Waals surface area contributed by atoms with Crippen LogP contribution in [0.1, 0.15) is 21.9 Å². The van der Waals surface area contributed by atoms with Crippen LogP contribution in [-0.2, 0) is 0 Å². The van der Waals surface area contributed by atoms with Crippen molar-refractivity contribution in [1.29, 1.82) is 0 Å². The number of aryl methyl sites for hydroxylation is 1. The molecule has 0 atom stereocenters. The van der Waals surface area contributed by atoms with E-state index in [1.54, 1.807) is 50.4 Å². The topological polar surface area (TPSA) is 92.1 Å². The Morgan fingerprint density at radius 3 is 2.40 bits per heavy atom. The highest BCUT2D eigenvalue weighted by atomic mass is 16.4. The molecular formula is C14H15N3O3. The normalized spacial score (nSPS) is 11.4. The first-order chi connectivity index (χ1) is 9.52. The molecule has 0 aliphatic heterocycles. The van der Waals surface area contributed by atoms with E-state index in [4.69, 9.17) is 15.4 Å². The molecule has 1 amide bonds. The van der Waals surface area contributed by atoms with Crippen molar-refractivity contribution in [3.8, 4) is 0 Å². The van der Waals surface area contributed by atoms with Crippen molar-refractivity contribution in [3.05, 3.63) is 53.5 Å². The third-order valence-electron chi connectivity index (χ3n) is 2.91. The lowest BCUT2D eigenvalue weighted by molar-refractivity contribution is 0.0965. The van der Waals surface area contributed by atoms with Gasteiger partial charge in [-0.25, -0.2) is 0 Å². The van der Waals surface area contributed by atoms with Crippen molar-refractivity contribution in [1.82, 2.24) is 0 Å². The molecule has 0 spiro atoms. The van der Waals surface area contributed by atoms with Gasteiger partial charge in [-0.05, 0) is 43.3 Å². The Labute approximate surface area is 116 Å². The average Bonchev–Trinajstić information content (AvgIpc) is 2.91. The van der Waals surface area contributed by atoms with Crippen LogP contribution in [-0.4, -0.2) is 24.0 Å². The lowest BCUT2D eigenvalue weighted by Gasteiger charge is -2.16. The summed E-state index contributed by atoms with van der Waals surface area (Å²) in [5, 5.41) is 11.5. The summed E-state index contributed by atoms with van der Waals surface area (Å²) in [4.78, 5) is 13.6. The number of amides is 1. The summed E-state index contributed by atoms with van der Waals surface area (Å²) in [6, 6.07) is 10.1. The molecule has 0 radical (unpaired) electrons. The largest absolute Gasteiger partial charge is 0.456 e. The molecule has 0 fully saturated rings. The van der Waals surface area contributed by atoms with Gasteiger partial charge in [0.2, 0.25) is 0 Å². The van der Waals surface area contributed by atoms with E-state index >= 15 is 0 Å². The fraction of sp³-hybridized carbons (Fsp3) is 0.143. The smallest absolute Gasteiger partial charge is 0.293 e. The summed E-state index contributed by atoms with van der Waals surface area (Å²) >= 11 is 0. The maximum atomic E-state index is 12.2. The van der Waals surface area contributed by atoms with Crippen LogP contribution < -0.4 is 10.6 Å². The van der Waals surface area contributed by atoms with Crippen LogP contribution in [0.3, 0.4) is 0 Å². The number of rotatable bonds is 3. The molecule has 0 saturated carbocycles. The standard InChI is InChI=1S/C14H15N3O3/c1-9-3-8-12(20-9)14(18)17(2)11-6-4-10(5-7-11)13(15)16-19/h3-8,19H,1-2H3,(H2,15,16). The zero-order valence-electron chi connectivity index (χ0n) is 11.2. The third-order valence-corrected chi connectivity index (χ3v) is 2.91. The number of nitrogens with two attached hydrogens (primary N) is 1. The number of anilines is 1. The molecule has 0 bridgehead atoms. The minimum atomic E-state index is -0.241. The van der Waals surface area contributed by atoms with Crippen LogP contribution >= 0.6 is 0 Å². The van der Waals surface area contributed by atoms with E-state index in [1.165, 1.54) is 4.90 Å². The molecule has 2 rings (SSSR count). The van der Waals surface area contributed by atoms with Gasteiger partial charge in [-0.2, -0.15) is 0 Å². The molecule has 0 unspecified atom stereocenters. The van der Waals surface area contributed by atoms with Gasteiger partial charge in [-0.15, -0.1) is 0 Å². The second-order valence-corrected chi connectivity index (χ2v) is 4.31. The van der Waals surface area contributed by atoms with Crippen molar-refractivity contribution < 1.29 is 14.4 Å². The number of amidine groups is 1. The molecule has 20 heavy (non-hydrogen) atoms. The van der Waals surface area contributed by atoms with E-state index in [9.17, 15) is 4.79 Å². The summed E-state index contributed by atoms with van der Waals surface area (Å²) in [7, 11) is 1.65. The van der Waals surface area contributed by atoms with Gasteiger partial charge in [0.25, 0.3) is 5.91 Å². The summed E-state index contributed by atoms with van der Waals surface area (Å²) in [6.45, 7) is 1.78. The molecule has 0 saturated heterocycles. The number of benzene rings is 1. The van der Waals surface area contributed by atoms with Crippen LogP contribution in [0.15, 0.2) is 46.0 Å². The lowest BCUT2D eigenvalue weighted by atomic mass is 10.2. The summed E-state index contributed by atoms with van der Waals surface area (Å²) in [6.07, 6.45) is 0. The van der Waals surface area contributed by atoms with E-state index < -0.39 is 0 Å². The molecule has 0 aliphatic carbocycles. The van der Waals surface area contributed by atoms with Gasteiger partial charge in [0.15, 0.2) is 11.6 Å². The second kappa shape index (κ2) is 5.48. The minimum Gasteiger partial charge on any atom is -0.456 e. The molecule has 2 aromatic rings. The zero-order chi connectivity index (χ0) is 14.7. The van der Waals surface area contributed by atoms with Crippen LogP contribution in [0, 0.1) is 6.92 Å². The fourth-order valence-electron chi connectivity index (χ4n) is 1.75. The Bertz CT molecular complexity index is 644. The first-order valence-corrected chi connectivity index (χ1v) is 5.95. The lowest BCUT2D eigenvalue weighted by Crippen LogP contribution is -2.25. The van der Waals surface area contributed by atoms with Crippen LogP contribution in [0.5, 0.6) is 0 Å². The van der Waals surface area contributed by atoms with Gasteiger partial charge in [0, 0.05) is 18.3 Å². The first-order valence-electron chi connectivity index (χ1n) is 5.95. The van der Waals surface area contributed by atoms with Gasteiger partial charge in [-0.1, -0.05) is 5.16 Å². The SMILES string of the molecule is Cc1ccc(C(=O)N(C)c2ccc(C(N)=NO)cc2)o1. The number of furan rings is 1. The number of carbonyl (C=O) groups excluding carboxylic acids is 1. The first kappa shape index (κ1) is 13.7. The number of hydrogen-bond acceptors (Lipinski definition) is 4. The Hall–Kier alpha value is -2.76. The van der Waals surface area contributed by atoms with Crippen molar-refractivity contribution in [3.63, 3.8) is 0 Å². The van der Waals surface area contributed by atoms with E-state index in [2.05, 4.69) is 5.16 Å². The number of carbonyl (C=O) groups is 1. The van der Waals surface area contributed by atoms with E-state index in [0.29, 0.717) is 17.0 Å². The Kier molecular flexibility index (Phi) is 3.74. The quantitative estimate of drug-likeness (QED) is 0.387. The minimum absolute atomic E-state index is 0.0205. The summed E-state index contributed by atoms with van der Waals surface area (Å²) in [5.41, 5.74) is 6.73. The zero-order valence-corrected chi connectivity index (χ0v) is 11.2. The molecule has 104 valence electrons. The van der Waals surface area contributed by atoms with Crippen molar-refractivity contribution >= 4 is 17.4 Å². The third kappa shape index (κ3) is 2.64. The van der Waals surface area contributed by atoms with E-state index in [0.717, 1.165) is 0 Å². The van der Waals surface area contributed by atoms with Crippen molar-refractivity contribution in [2.24, 2.45) is 10.9 Å². The highest BCUT2D eigenvalue weighted by Gasteiger charge is 2.16. The summed E-state index contributed by atoms with van der Waals surface area (Å²) in [5.74, 6) is 0.747. The monoisotopic (exact) mass is 273 g/mol. The predicted molar refractivity (Wildman–Crippen MR) is 75.1 cm³/mol. The molecule has 1 heterocycles. The number of hydrogen-bond donors (Lipinski definition) is 2. The number of oxime groups is 1. The number of nitrogens with zero attached hydrogens (tertiary/aromatic N) is 2. The van der Waals surface area contributed by atoms with Crippen LogP contribution in [0.2, 0.25) is 0 Å². The molecule has 3 N–H and O–H groups in total. The van der Waals surface area contributed by atoms with Gasteiger partial charge < -0.3 is 20.3 Å². The van der Waals surface area contributed by atoms with Crippen molar-refractivity contribution in [2.75, 3.05) is 11.9 Å². The van der Waals surface area contributed by atoms with Gasteiger partial charge in [0.05, 0.1) is 0 Å². The van der Waals surface area contributed by atoms with E-state index in [-0.39, 0.29) is 17.5 Å². The Morgan fingerprint density at radius 2 is 1.90 bits per heavy atom. The molecule has 1 aromatic carbocycles. The molecular weight excluding hydrogens is 258 g/mol. The van der Waals surface area contributed by atoms with Crippen LogP contribution in [0.4, 0.5) is 5.69 Å². The highest BCUT2D eigenvalue weighted by Crippen LogP contribution is 2.17. The molecule has 0 aliphatic rings. The fourth-order valence-corrected chi connectivity index (χ4v) is 1.75. The summed E-state index contributed by atoms with van der Waals surface area (Å²) < 4.78 is 5.30. The predicted octanol–water partition coefficient (Wildman–Crippen LogP) is 1.96. The van der Waals surface area contributed by atoms with Crippen LogP contribution in [0.25, 0.3) is 0 Å². The Balaban J connectivity index is 2.21. The van der Waals surface area contributed by atoms with Gasteiger partial charge in [0.1, 0.15) is 5.76 Å². The maximum absolute atomic E-state index is 12.2. The second-order valence-electron chi connectivity index (χ2n) is 4.31. The van der Waals surface area contributed by atoms with Crippen molar-refractivity contribution in [2.45, 2.75) is 6.92 Å². The Morgan fingerprint density at radius 1 is 1.25 bits per heavy atom. The molecule has 6 nitrogen and oxygen atoms in total. The van der Waals surface area contributed by atoms with Gasteiger partial charge >= 0.3 is 0 Å². The average molecular weight is 273 g/mol. The maximum Gasteiger partial charge on any atom is 0.293 e. The van der Waals surface area contributed by atoms with E-state index in [1.807, 2.05) is 0 Å².